The van der Waals surface area contributed by atoms with Crippen LogP contribution in [-0.2, 0) is 9.53 Å². The summed E-state index contributed by atoms with van der Waals surface area (Å²) >= 11 is 6.09. The highest BCUT2D eigenvalue weighted by molar-refractivity contribution is 6.20. The standard InChI is InChI=1S/C12H23ClO2/c1-3-4-5-6-7-8-12(13)9-10-15-11(2)14/h12H,3-10H2,1-2H3. The summed E-state index contributed by atoms with van der Waals surface area (Å²) in [7, 11) is 0. The van der Waals surface area contributed by atoms with Gasteiger partial charge in [0.25, 0.3) is 0 Å². The maximum Gasteiger partial charge on any atom is 0.302 e. The Balaban J connectivity index is 3.18. The molecule has 0 aliphatic rings. The quantitative estimate of drug-likeness (QED) is 0.344. The van der Waals surface area contributed by atoms with E-state index >= 15 is 0 Å². The molecule has 0 spiro atoms. The fraction of sp³-hybridized carbons (Fsp3) is 0.917. The molecule has 0 N–H and O–H groups in total. The van der Waals surface area contributed by atoms with Crippen molar-refractivity contribution in [3.05, 3.63) is 0 Å². The third kappa shape index (κ3) is 11.7. The Morgan fingerprint density at radius 3 is 2.47 bits per heavy atom. The molecular weight excluding hydrogens is 212 g/mol. The number of carbonyl (C=O) groups excluding carboxylic acids is 1. The van der Waals surface area contributed by atoms with E-state index in [-0.39, 0.29) is 11.3 Å². The van der Waals surface area contributed by atoms with Crippen LogP contribution in [0.5, 0.6) is 0 Å². The van der Waals surface area contributed by atoms with Gasteiger partial charge >= 0.3 is 5.97 Å². The summed E-state index contributed by atoms with van der Waals surface area (Å²) in [5.41, 5.74) is 0. The molecular formula is C12H23ClO2. The predicted molar refractivity (Wildman–Crippen MR) is 64.3 cm³/mol. The van der Waals surface area contributed by atoms with E-state index in [4.69, 9.17) is 16.3 Å². The van der Waals surface area contributed by atoms with Gasteiger partial charge in [0.15, 0.2) is 0 Å². The normalized spacial score (nSPS) is 12.5. The summed E-state index contributed by atoms with van der Waals surface area (Å²) in [6.45, 7) is 4.09. The lowest BCUT2D eigenvalue weighted by atomic mass is 10.1. The van der Waals surface area contributed by atoms with Crippen LogP contribution in [0.4, 0.5) is 0 Å². The number of alkyl halides is 1. The molecule has 0 radical (unpaired) electrons. The van der Waals surface area contributed by atoms with Crippen molar-refractivity contribution in [1.82, 2.24) is 0 Å². The van der Waals surface area contributed by atoms with Gasteiger partial charge < -0.3 is 4.74 Å². The van der Waals surface area contributed by atoms with Crippen LogP contribution in [0.1, 0.15) is 58.8 Å². The van der Waals surface area contributed by atoms with Crippen molar-refractivity contribution in [3.63, 3.8) is 0 Å². The van der Waals surface area contributed by atoms with Crippen molar-refractivity contribution in [2.24, 2.45) is 0 Å². The van der Waals surface area contributed by atoms with E-state index in [9.17, 15) is 4.79 Å². The lowest BCUT2D eigenvalue weighted by molar-refractivity contribution is -0.141. The first-order valence-corrected chi connectivity index (χ1v) is 6.38. The summed E-state index contributed by atoms with van der Waals surface area (Å²) in [6, 6.07) is 0. The zero-order chi connectivity index (χ0) is 11.5. The number of hydrogen-bond donors (Lipinski definition) is 0. The lowest BCUT2D eigenvalue weighted by Crippen LogP contribution is -2.07. The van der Waals surface area contributed by atoms with Gasteiger partial charge in [0.05, 0.1) is 6.61 Å². The highest BCUT2D eigenvalue weighted by atomic mass is 35.5. The van der Waals surface area contributed by atoms with Crippen LogP contribution in [0.25, 0.3) is 0 Å². The van der Waals surface area contributed by atoms with Crippen molar-refractivity contribution in [2.75, 3.05) is 6.61 Å². The van der Waals surface area contributed by atoms with Gasteiger partial charge in [-0.1, -0.05) is 39.0 Å². The van der Waals surface area contributed by atoms with E-state index < -0.39 is 0 Å². The molecule has 0 saturated carbocycles. The SMILES string of the molecule is CCCCCCCC(Cl)CCOC(C)=O. The molecule has 0 amide bonds. The Hall–Kier alpha value is -0.240. The lowest BCUT2D eigenvalue weighted by Gasteiger charge is -2.08. The molecule has 0 aliphatic carbocycles. The van der Waals surface area contributed by atoms with Gasteiger partial charge in [-0.05, 0) is 12.8 Å². The number of carbonyl (C=O) groups is 1. The van der Waals surface area contributed by atoms with E-state index in [1.165, 1.54) is 39.0 Å². The summed E-state index contributed by atoms with van der Waals surface area (Å²) < 4.78 is 4.83. The van der Waals surface area contributed by atoms with Gasteiger partial charge in [0.1, 0.15) is 0 Å². The molecule has 0 fully saturated rings. The van der Waals surface area contributed by atoms with Crippen molar-refractivity contribution < 1.29 is 9.53 Å². The second-order valence-corrected chi connectivity index (χ2v) is 4.55. The molecule has 0 bridgehead atoms. The molecule has 0 aromatic carbocycles. The Kier molecular flexibility index (Phi) is 10.1. The second kappa shape index (κ2) is 10.3. The van der Waals surface area contributed by atoms with E-state index in [1.54, 1.807) is 0 Å². The number of unbranched alkanes of at least 4 members (excludes halogenated alkanes) is 4. The molecule has 0 aromatic rings. The summed E-state index contributed by atoms with van der Waals surface area (Å²) in [5.74, 6) is -0.221. The highest BCUT2D eigenvalue weighted by Crippen LogP contribution is 2.13. The fourth-order valence-electron chi connectivity index (χ4n) is 1.44. The van der Waals surface area contributed by atoms with Crippen molar-refractivity contribution in [2.45, 2.75) is 64.2 Å². The molecule has 1 unspecified atom stereocenters. The molecule has 1 atom stereocenters. The zero-order valence-electron chi connectivity index (χ0n) is 9.93. The monoisotopic (exact) mass is 234 g/mol. The van der Waals surface area contributed by atoms with Crippen LogP contribution in [0, 0.1) is 0 Å². The summed E-state index contributed by atoms with van der Waals surface area (Å²) in [6.07, 6.45) is 8.17. The number of halogens is 1. The molecule has 2 nitrogen and oxygen atoms in total. The first-order chi connectivity index (χ1) is 7.16. The van der Waals surface area contributed by atoms with Gasteiger partial charge in [-0.2, -0.15) is 0 Å². The molecule has 0 heterocycles. The Morgan fingerprint density at radius 1 is 1.20 bits per heavy atom. The van der Waals surface area contributed by atoms with Crippen molar-refractivity contribution in [3.8, 4) is 0 Å². The van der Waals surface area contributed by atoms with Gasteiger partial charge in [-0.3, -0.25) is 4.79 Å². The number of rotatable bonds is 9. The van der Waals surface area contributed by atoms with E-state index in [0.717, 1.165) is 12.8 Å². The fourth-order valence-corrected chi connectivity index (χ4v) is 1.69. The molecule has 90 valence electrons. The average Bonchev–Trinajstić information content (AvgIpc) is 2.17. The smallest absolute Gasteiger partial charge is 0.302 e. The van der Waals surface area contributed by atoms with E-state index in [1.807, 2.05) is 0 Å². The van der Waals surface area contributed by atoms with Crippen LogP contribution in [0.2, 0.25) is 0 Å². The summed E-state index contributed by atoms with van der Waals surface area (Å²) in [5, 5.41) is 0.158. The molecule has 0 rings (SSSR count). The number of hydrogen-bond acceptors (Lipinski definition) is 2. The van der Waals surface area contributed by atoms with Crippen molar-refractivity contribution >= 4 is 17.6 Å². The van der Waals surface area contributed by atoms with Crippen LogP contribution >= 0.6 is 11.6 Å². The van der Waals surface area contributed by atoms with Crippen LogP contribution in [0.15, 0.2) is 0 Å². The van der Waals surface area contributed by atoms with Gasteiger partial charge in [0.2, 0.25) is 0 Å². The highest BCUT2D eigenvalue weighted by Gasteiger charge is 2.05. The number of esters is 1. The molecule has 0 saturated heterocycles. The third-order valence-electron chi connectivity index (χ3n) is 2.36. The Morgan fingerprint density at radius 2 is 1.87 bits per heavy atom. The Bertz CT molecular complexity index is 160. The first-order valence-electron chi connectivity index (χ1n) is 5.94. The predicted octanol–water partition coefficient (Wildman–Crippen LogP) is 3.91. The maximum absolute atomic E-state index is 10.5. The van der Waals surface area contributed by atoms with Crippen LogP contribution < -0.4 is 0 Å². The van der Waals surface area contributed by atoms with Gasteiger partial charge in [0, 0.05) is 12.3 Å². The molecule has 0 aliphatic heterocycles. The van der Waals surface area contributed by atoms with E-state index in [0.29, 0.717) is 6.61 Å². The van der Waals surface area contributed by atoms with Gasteiger partial charge in [-0.15, -0.1) is 11.6 Å². The number of ether oxygens (including phenoxy) is 1. The minimum Gasteiger partial charge on any atom is -0.466 e. The van der Waals surface area contributed by atoms with Gasteiger partial charge in [-0.25, -0.2) is 0 Å². The minimum absolute atomic E-state index is 0.158. The first kappa shape index (κ1) is 14.8. The second-order valence-electron chi connectivity index (χ2n) is 3.93. The maximum atomic E-state index is 10.5. The largest absolute Gasteiger partial charge is 0.466 e. The summed E-state index contributed by atoms with van der Waals surface area (Å²) in [4.78, 5) is 10.5. The average molecular weight is 235 g/mol. The van der Waals surface area contributed by atoms with E-state index in [2.05, 4.69) is 6.92 Å². The zero-order valence-corrected chi connectivity index (χ0v) is 10.7. The van der Waals surface area contributed by atoms with Crippen molar-refractivity contribution in [1.29, 1.82) is 0 Å². The third-order valence-corrected chi connectivity index (χ3v) is 2.79. The molecule has 0 aromatic heterocycles. The molecule has 15 heavy (non-hydrogen) atoms. The Labute approximate surface area is 98.3 Å². The minimum atomic E-state index is -0.221. The topological polar surface area (TPSA) is 26.3 Å². The van der Waals surface area contributed by atoms with Crippen LogP contribution in [0.3, 0.4) is 0 Å². The molecule has 3 heteroatoms. The van der Waals surface area contributed by atoms with Crippen LogP contribution in [-0.4, -0.2) is 18.0 Å².